The fourth-order valence-electron chi connectivity index (χ4n) is 2.88. The highest BCUT2D eigenvalue weighted by atomic mass is 35.5. The first-order chi connectivity index (χ1) is 11.1. The van der Waals surface area contributed by atoms with Crippen LogP contribution in [0.15, 0.2) is 23.3 Å². The molecule has 2 N–H and O–H groups in total. The van der Waals surface area contributed by atoms with Gasteiger partial charge in [0, 0.05) is 12.0 Å². The number of hydrogen-bond acceptors (Lipinski definition) is 5. The maximum Gasteiger partial charge on any atom is 0.303 e. The van der Waals surface area contributed by atoms with Gasteiger partial charge < -0.3 is 10.2 Å². The van der Waals surface area contributed by atoms with Crippen LogP contribution < -0.4 is 10.8 Å². The largest absolute Gasteiger partial charge is 0.510 e. The van der Waals surface area contributed by atoms with Crippen molar-refractivity contribution < 1.29 is 15.0 Å². The van der Waals surface area contributed by atoms with Crippen LogP contribution in [-0.2, 0) is 4.79 Å². The van der Waals surface area contributed by atoms with Gasteiger partial charge in [0.25, 0.3) is 0 Å². The summed E-state index contributed by atoms with van der Waals surface area (Å²) < 4.78 is 1.31. The monoisotopic (exact) mass is 351 g/mol. The Morgan fingerprint density at radius 3 is 2.71 bits per heavy atom. The van der Waals surface area contributed by atoms with E-state index in [1.807, 2.05) is 0 Å². The molecular weight excluding hydrogens is 334 g/mol. The van der Waals surface area contributed by atoms with E-state index in [0.717, 1.165) is 36.8 Å². The van der Waals surface area contributed by atoms with E-state index in [9.17, 15) is 14.7 Å². The van der Waals surface area contributed by atoms with Crippen molar-refractivity contribution in [2.24, 2.45) is 0 Å². The zero-order chi connectivity index (χ0) is 16.4. The molecule has 1 aliphatic carbocycles. The third-order valence-electron chi connectivity index (χ3n) is 4.00. The summed E-state index contributed by atoms with van der Waals surface area (Å²) in [6.07, 6.45) is 7.13. The number of aliphatic carboxylic acids is 1. The maximum atomic E-state index is 12.4. The number of carbonyl (C=O) groups is 1. The number of fused-ring (bicyclic) bond motifs is 1. The fourth-order valence-corrected chi connectivity index (χ4v) is 2.88. The number of halogens is 1. The van der Waals surface area contributed by atoms with Crippen LogP contribution in [-0.4, -0.2) is 30.8 Å². The predicted octanol–water partition coefficient (Wildman–Crippen LogP) is 1.72. The molecule has 3 rings (SSSR count). The van der Waals surface area contributed by atoms with Gasteiger partial charge in [0.15, 0.2) is 11.0 Å². The molecule has 0 aromatic carbocycles. The molecule has 0 bridgehead atoms. The molecule has 0 spiro atoms. The van der Waals surface area contributed by atoms with Crippen molar-refractivity contribution in [3.63, 3.8) is 0 Å². The van der Waals surface area contributed by atoms with Gasteiger partial charge in [0.2, 0.25) is 5.43 Å². The summed E-state index contributed by atoms with van der Waals surface area (Å²) in [6.45, 7) is 0. The molecule has 0 atom stereocenters. The van der Waals surface area contributed by atoms with Gasteiger partial charge in [-0.05, 0) is 37.3 Å². The molecule has 128 valence electrons. The van der Waals surface area contributed by atoms with E-state index >= 15 is 0 Å². The molecule has 0 saturated heterocycles. The zero-order valence-corrected chi connectivity index (χ0v) is 13.8. The standard InChI is InChI=1S/C16H17N3O4.ClH/c20-12(6-7-14(22)23)15-13(21)8-11(10-4-2-1-3-5-10)16-17-9-18-19(15)16;/h4,8-9,20H,1-3,5-7H2,(H,22,23);1H. The van der Waals surface area contributed by atoms with Crippen LogP contribution in [0.1, 0.15) is 44.1 Å². The van der Waals surface area contributed by atoms with E-state index in [1.165, 1.54) is 16.9 Å². The van der Waals surface area contributed by atoms with Gasteiger partial charge in [-0.1, -0.05) is 6.08 Å². The molecule has 1 aliphatic rings. The average Bonchev–Trinajstić information content (AvgIpc) is 3.01. The van der Waals surface area contributed by atoms with Gasteiger partial charge in [-0.15, -0.1) is 12.4 Å². The van der Waals surface area contributed by atoms with Crippen LogP contribution in [0.3, 0.4) is 0 Å². The number of rotatable bonds is 4. The molecule has 2 aromatic heterocycles. The van der Waals surface area contributed by atoms with E-state index in [-0.39, 0.29) is 41.8 Å². The minimum atomic E-state index is -1.04. The second kappa shape index (κ2) is 7.44. The van der Waals surface area contributed by atoms with Crippen molar-refractivity contribution in [2.45, 2.75) is 38.5 Å². The molecule has 0 radical (unpaired) electrons. The summed E-state index contributed by atoms with van der Waals surface area (Å²) in [7, 11) is 0. The first kappa shape index (κ1) is 17.9. The van der Waals surface area contributed by atoms with E-state index < -0.39 is 5.97 Å². The molecule has 0 saturated carbocycles. The highest BCUT2D eigenvalue weighted by molar-refractivity contribution is 5.85. The van der Waals surface area contributed by atoms with Crippen molar-refractivity contribution in [3.05, 3.63) is 39.6 Å². The highest BCUT2D eigenvalue weighted by Crippen LogP contribution is 2.27. The second-order valence-corrected chi connectivity index (χ2v) is 5.58. The van der Waals surface area contributed by atoms with E-state index in [1.54, 1.807) is 0 Å². The quantitative estimate of drug-likeness (QED) is 0.869. The molecule has 7 nitrogen and oxygen atoms in total. The van der Waals surface area contributed by atoms with Gasteiger partial charge in [-0.3, -0.25) is 9.59 Å². The molecular formula is C16H18ClN3O4. The van der Waals surface area contributed by atoms with Gasteiger partial charge in [-0.2, -0.15) is 5.10 Å². The highest BCUT2D eigenvalue weighted by Gasteiger charge is 2.16. The summed E-state index contributed by atoms with van der Waals surface area (Å²) in [5.74, 6) is -1.32. The number of aliphatic hydroxyl groups excluding tert-OH is 1. The summed E-state index contributed by atoms with van der Waals surface area (Å²) in [5, 5.41) is 22.9. The first-order valence-corrected chi connectivity index (χ1v) is 7.58. The summed E-state index contributed by atoms with van der Waals surface area (Å²) in [5.41, 5.74) is 1.94. The Hall–Kier alpha value is -2.41. The molecule has 0 amide bonds. The normalized spacial score (nSPS) is 15.6. The Morgan fingerprint density at radius 2 is 2.04 bits per heavy atom. The molecule has 2 heterocycles. The van der Waals surface area contributed by atoms with Crippen molar-refractivity contribution >= 4 is 35.4 Å². The Bertz CT molecular complexity index is 904. The molecule has 0 unspecified atom stereocenters. The van der Waals surface area contributed by atoms with Crippen molar-refractivity contribution in [2.75, 3.05) is 0 Å². The number of allylic oxidation sites excluding steroid dienone is 2. The van der Waals surface area contributed by atoms with Crippen LogP contribution in [0.2, 0.25) is 0 Å². The molecule has 0 fully saturated rings. The van der Waals surface area contributed by atoms with Crippen molar-refractivity contribution in [1.82, 2.24) is 14.6 Å². The van der Waals surface area contributed by atoms with Gasteiger partial charge in [0.1, 0.15) is 12.1 Å². The van der Waals surface area contributed by atoms with Crippen LogP contribution in [0.5, 0.6) is 0 Å². The molecule has 8 heteroatoms. The Kier molecular flexibility index (Phi) is 5.56. The third-order valence-corrected chi connectivity index (χ3v) is 4.00. The minimum Gasteiger partial charge on any atom is -0.510 e. The SMILES string of the molecule is Cl.O=C(O)CCC(O)=c1c(=O)cc(C2=CCCCC2)c2ncnn12. The Labute approximate surface area is 143 Å². The molecule has 0 aliphatic heterocycles. The van der Waals surface area contributed by atoms with Gasteiger partial charge in [-0.25, -0.2) is 9.50 Å². The third kappa shape index (κ3) is 3.41. The lowest BCUT2D eigenvalue weighted by Gasteiger charge is -2.13. The van der Waals surface area contributed by atoms with Crippen LogP contribution in [0, 0.1) is 0 Å². The number of carboxylic acids is 1. The summed E-state index contributed by atoms with van der Waals surface area (Å²) >= 11 is 0. The topological polar surface area (TPSA) is 105 Å². The number of nitrogens with zero attached hydrogens (tertiary/aromatic N) is 3. The predicted molar refractivity (Wildman–Crippen MR) is 91.1 cm³/mol. The number of pyridine rings is 1. The van der Waals surface area contributed by atoms with Gasteiger partial charge >= 0.3 is 5.97 Å². The van der Waals surface area contributed by atoms with Crippen LogP contribution in [0.4, 0.5) is 0 Å². The van der Waals surface area contributed by atoms with Crippen LogP contribution in [0.25, 0.3) is 17.0 Å². The smallest absolute Gasteiger partial charge is 0.303 e. The summed E-state index contributed by atoms with van der Waals surface area (Å²) in [4.78, 5) is 27.3. The maximum absolute atomic E-state index is 12.4. The first-order valence-electron chi connectivity index (χ1n) is 7.58. The summed E-state index contributed by atoms with van der Waals surface area (Å²) in [6, 6.07) is 1.47. The fraction of sp³-hybridized carbons (Fsp3) is 0.375. The average molecular weight is 352 g/mol. The Morgan fingerprint density at radius 1 is 1.25 bits per heavy atom. The van der Waals surface area contributed by atoms with Crippen molar-refractivity contribution in [1.29, 1.82) is 0 Å². The molecule has 24 heavy (non-hydrogen) atoms. The van der Waals surface area contributed by atoms with E-state index in [2.05, 4.69) is 16.2 Å². The van der Waals surface area contributed by atoms with Crippen molar-refractivity contribution in [3.8, 4) is 0 Å². The number of aromatic nitrogens is 3. The lowest BCUT2D eigenvalue weighted by molar-refractivity contribution is -0.136. The number of carboxylic acid groups (broad SMARTS) is 1. The molecule has 2 aromatic rings. The number of aliphatic hydroxyl groups is 1. The van der Waals surface area contributed by atoms with E-state index in [4.69, 9.17) is 5.11 Å². The minimum absolute atomic E-state index is 0. The number of hydrogen-bond donors (Lipinski definition) is 2. The second-order valence-electron chi connectivity index (χ2n) is 5.58. The lowest BCUT2D eigenvalue weighted by Crippen LogP contribution is -2.35. The lowest BCUT2D eigenvalue weighted by atomic mass is 9.94. The zero-order valence-electron chi connectivity index (χ0n) is 12.9. The van der Waals surface area contributed by atoms with Crippen LogP contribution >= 0.6 is 12.4 Å². The van der Waals surface area contributed by atoms with Gasteiger partial charge in [0.05, 0.1) is 6.42 Å². The Balaban J connectivity index is 0.00000208. The van der Waals surface area contributed by atoms with E-state index in [0.29, 0.717) is 5.65 Å².